The second kappa shape index (κ2) is 9.51. The van der Waals surface area contributed by atoms with Gasteiger partial charge in [-0.15, -0.1) is 0 Å². The van der Waals surface area contributed by atoms with Crippen molar-refractivity contribution in [2.24, 2.45) is 0 Å². The van der Waals surface area contributed by atoms with Crippen molar-refractivity contribution in [3.05, 3.63) is 57.9 Å². The number of unbranched alkanes of at least 4 members (excludes halogenated alkanes) is 1. The summed E-state index contributed by atoms with van der Waals surface area (Å²) in [7, 11) is 0. The minimum atomic E-state index is -0.0284. The predicted molar refractivity (Wildman–Crippen MR) is 110 cm³/mol. The molecule has 0 fully saturated rings. The van der Waals surface area contributed by atoms with E-state index in [4.69, 9.17) is 0 Å². The van der Waals surface area contributed by atoms with Crippen LogP contribution in [-0.4, -0.2) is 10.9 Å². The molecule has 0 saturated carbocycles. The van der Waals surface area contributed by atoms with Crippen LogP contribution in [0.4, 0.5) is 5.69 Å². The first-order valence-electron chi connectivity index (χ1n) is 9.97. The van der Waals surface area contributed by atoms with Gasteiger partial charge in [-0.05, 0) is 61.8 Å². The molecule has 0 saturated heterocycles. The average molecular weight is 353 g/mol. The number of nitrogens with one attached hydrogen (secondary N) is 1. The Morgan fingerprint density at radius 3 is 2.19 bits per heavy atom. The zero-order valence-corrected chi connectivity index (χ0v) is 16.9. The summed E-state index contributed by atoms with van der Waals surface area (Å²) in [6.07, 6.45) is 5.81. The third-order valence-electron chi connectivity index (χ3n) is 4.96. The molecule has 0 aliphatic carbocycles. The number of para-hydroxylation sites is 1. The minimum Gasteiger partial charge on any atom is -0.321 e. The zero-order chi connectivity index (χ0) is 19.1. The van der Waals surface area contributed by atoms with E-state index in [1.54, 1.807) is 0 Å². The lowest BCUT2D eigenvalue weighted by Crippen LogP contribution is -2.19. The van der Waals surface area contributed by atoms with Crippen molar-refractivity contribution in [2.75, 3.05) is 5.32 Å². The van der Waals surface area contributed by atoms with Gasteiger partial charge in [0.1, 0.15) is 0 Å². The molecule has 140 valence electrons. The fourth-order valence-corrected chi connectivity index (χ4v) is 3.44. The Morgan fingerprint density at radius 1 is 1.00 bits per heavy atom. The fraction of sp³-hybridized carbons (Fsp3) is 0.478. The molecule has 0 radical (unpaired) electrons. The molecule has 0 bridgehead atoms. The van der Waals surface area contributed by atoms with Crippen LogP contribution in [0.5, 0.6) is 0 Å². The van der Waals surface area contributed by atoms with E-state index >= 15 is 0 Å². The van der Waals surface area contributed by atoms with Crippen molar-refractivity contribution in [2.45, 2.75) is 73.1 Å². The molecule has 1 heterocycles. The smallest absolute Gasteiger partial charge is 0.257 e. The van der Waals surface area contributed by atoms with Gasteiger partial charge in [-0.25, -0.2) is 0 Å². The van der Waals surface area contributed by atoms with Crippen LogP contribution < -0.4 is 5.32 Å². The van der Waals surface area contributed by atoms with Crippen molar-refractivity contribution < 1.29 is 4.79 Å². The lowest BCUT2D eigenvalue weighted by Gasteiger charge is -2.17. The maximum Gasteiger partial charge on any atom is 0.257 e. The fourth-order valence-electron chi connectivity index (χ4n) is 3.44. The Labute approximate surface area is 158 Å². The van der Waals surface area contributed by atoms with Gasteiger partial charge in [0.05, 0.1) is 11.3 Å². The summed E-state index contributed by atoms with van der Waals surface area (Å²) in [5.74, 6) is -0.0284. The molecule has 0 unspecified atom stereocenters. The molecule has 2 aromatic rings. The Hall–Kier alpha value is -2.16. The van der Waals surface area contributed by atoms with Crippen molar-refractivity contribution in [1.29, 1.82) is 0 Å². The molecular weight excluding hydrogens is 320 g/mol. The molecule has 1 aromatic carbocycles. The third-order valence-corrected chi connectivity index (χ3v) is 4.96. The number of aromatic nitrogens is 1. The quantitative estimate of drug-likeness (QED) is 0.665. The van der Waals surface area contributed by atoms with E-state index in [9.17, 15) is 4.79 Å². The van der Waals surface area contributed by atoms with Crippen LogP contribution in [0.25, 0.3) is 0 Å². The standard InChI is InChI=1S/C23H32N2O/c1-6-10-12-19-15-20(9-4)24-16(5)21(19)23(26)25-22-17(7-2)13-11-14-18(22)8-3/h11,13-15H,6-10,12H2,1-5H3,(H,25,26). The molecule has 1 N–H and O–H groups in total. The van der Waals surface area contributed by atoms with E-state index in [-0.39, 0.29) is 5.91 Å². The van der Waals surface area contributed by atoms with Crippen LogP contribution in [0.2, 0.25) is 0 Å². The number of hydrogen-bond acceptors (Lipinski definition) is 2. The Balaban J connectivity index is 2.44. The van der Waals surface area contributed by atoms with Gasteiger partial charge in [-0.1, -0.05) is 52.3 Å². The van der Waals surface area contributed by atoms with Gasteiger partial charge in [0.2, 0.25) is 0 Å². The monoisotopic (exact) mass is 352 g/mol. The first kappa shape index (κ1) is 20.2. The highest BCUT2D eigenvalue weighted by molar-refractivity contribution is 6.06. The van der Waals surface area contributed by atoms with Crippen LogP contribution >= 0.6 is 0 Å². The van der Waals surface area contributed by atoms with Gasteiger partial charge in [0, 0.05) is 11.4 Å². The van der Waals surface area contributed by atoms with Crippen LogP contribution in [0.3, 0.4) is 0 Å². The van der Waals surface area contributed by atoms with Gasteiger partial charge in [0.25, 0.3) is 5.91 Å². The predicted octanol–water partition coefficient (Wildman–Crippen LogP) is 5.67. The summed E-state index contributed by atoms with van der Waals surface area (Å²) in [6, 6.07) is 8.38. The van der Waals surface area contributed by atoms with E-state index < -0.39 is 0 Å². The van der Waals surface area contributed by atoms with E-state index in [0.29, 0.717) is 0 Å². The van der Waals surface area contributed by atoms with E-state index in [1.165, 1.54) is 11.1 Å². The molecular formula is C23H32N2O. The highest BCUT2D eigenvalue weighted by atomic mass is 16.1. The molecule has 0 aliphatic rings. The van der Waals surface area contributed by atoms with Crippen molar-refractivity contribution in [3.63, 3.8) is 0 Å². The SMILES string of the molecule is CCCCc1cc(CC)nc(C)c1C(=O)Nc1c(CC)cccc1CC. The van der Waals surface area contributed by atoms with Gasteiger partial charge >= 0.3 is 0 Å². The first-order valence-corrected chi connectivity index (χ1v) is 9.97. The highest BCUT2D eigenvalue weighted by Crippen LogP contribution is 2.25. The number of carbonyl (C=O) groups is 1. The van der Waals surface area contributed by atoms with Gasteiger partial charge in [0.15, 0.2) is 0 Å². The van der Waals surface area contributed by atoms with Crippen LogP contribution in [-0.2, 0) is 25.7 Å². The van der Waals surface area contributed by atoms with Crippen molar-refractivity contribution in [1.82, 2.24) is 4.98 Å². The number of benzene rings is 1. The number of hydrogen-bond donors (Lipinski definition) is 1. The topological polar surface area (TPSA) is 42.0 Å². The second-order valence-corrected chi connectivity index (χ2v) is 6.80. The third kappa shape index (κ3) is 4.51. The number of aryl methyl sites for hydroxylation is 5. The molecule has 0 spiro atoms. The molecule has 2 rings (SSSR count). The van der Waals surface area contributed by atoms with Gasteiger partial charge in [-0.2, -0.15) is 0 Å². The molecule has 0 atom stereocenters. The summed E-state index contributed by atoms with van der Waals surface area (Å²) in [5, 5.41) is 3.21. The maximum absolute atomic E-state index is 13.2. The van der Waals surface area contributed by atoms with Crippen LogP contribution in [0.15, 0.2) is 24.3 Å². The Kier molecular flexibility index (Phi) is 7.38. The van der Waals surface area contributed by atoms with Crippen molar-refractivity contribution >= 4 is 11.6 Å². The number of anilines is 1. The molecule has 3 heteroatoms. The zero-order valence-electron chi connectivity index (χ0n) is 16.9. The minimum absolute atomic E-state index is 0.0284. The summed E-state index contributed by atoms with van der Waals surface area (Å²) in [5.41, 5.74) is 7.12. The highest BCUT2D eigenvalue weighted by Gasteiger charge is 2.19. The van der Waals surface area contributed by atoms with Gasteiger partial charge < -0.3 is 5.32 Å². The van der Waals surface area contributed by atoms with Crippen LogP contribution in [0, 0.1) is 6.92 Å². The number of carbonyl (C=O) groups excluding carboxylic acids is 1. The summed E-state index contributed by atoms with van der Waals surface area (Å²) in [6.45, 7) is 10.5. The Morgan fingerprint density at radius 2 is 1.65 bits per heavy atom. The van der Waals surface area contributed by atoms with Gasteiger partial charge in [-0.3, -0.25) is 9.78 Å². The molecule has 3 nitrogen and oxygen atoms in total. The lowest BCUT2D eigenvalue weighted by atomic mass is 9.98. The number of amides is 1. The Bertz CT molecular complexity index is 743. The molecule has 1 aromatic heterocycles. The maximum atomic E-state index is 13.2. The van der Waals surface area contributed by atoms with Crippen molar-refractivity contribution in [3.8, 4) is 0 Å². The van der Waals surface area contributed by atoms with E-state index in [0.717, 1.165) is 66.7 Å². The summed E-state index contributed by atoms with van der Waals surface area (Å²) < 4.78 is 0. The molecule has 26 heavy (non-hydrogen) atoms. The van der Waals surface area contributed by atoms with E-state index in [2.05, 4.69) is 62.3 Å². The largest absolute Gasteiger partial charge is 0.321 e. The molecule has 0 aliphatic heterocycles. The normalized spacial score (nSPS) is 10.8. The number of nitrogens with zero attached hydrogens (tertiary/aromatic N) is 1. The first-order chi connectivity index (χ1) is 12.5. The number of rotatable bonds is 8. The van der Waals surface area contributed by atoms with E-state index in [1.807, 2.05) is 6.92 Å². The lowest BCUT2D eigenvalue weighted by molar-refractivity contribution is 0.102. The van der Waals surface area contributed by atoms with Crippen LogP contribution in [0.1, 0.15) is 79.0 Å². The number of pyridine rings is 1. The molecule has 1 amide bonds. The second-order valence-electron chi connectivity index (χ2n) is 6.80. The summed E-state index contributed by atoms with van der Waals surface area (Å²) in [4.78, 5) is 17.9. The average Bonchev–Trinajstić information content (AvgIpc) is 2.65. The summed E-state index contributed by atoms with van der Waals surface area (Å²) >= 11 is 0.